The monoisotopic (exact) mass is 357 g/mol. The van der Waals surface area contributed by atoms with Crippen LogP contribution in [0.25, 0.3) is 0 Å². The highest BCUT2D eigenvalue weighted by molar-refractivity contribution is 14.1. The van der Waals surface area contributed by atoms with Crippen LogP contribution in [0.2, 0.25) is 0 Å². The van der Waals surface area contributed by atoms with Gasteiger partial charge in [0, 0.05) is 11.6 Å². The predicted octanol–water partition coefficient (Wildman–Crippen LogP) is 2.78. The van der Waals surface area contributed by atoms with Crippen molar-refractivity contribution in [3.05, 3.63) is 37.9 Å². The van der Waals surface area contributed by atoms with Crippen molar-refractivity contribution in [1.29, 1.82) is 5.26 Å². The minimum atomic E-state index is 0.393. The Balaban J connectivity index is 2.19. The summed E-state index contributed by atoms with van der Waals surface area (Å²) >= 11 is 3.63. The molecule has 0 aliphatic carbocycles. The Bertz CT molecular complexity index is 540. The van der Waals surface area contributed by atoms with Crippen molar-refractivity contribution in [2.75, 3.05) is 5.73 Å². The van der Waals surface area contributed by atoms with E-state index in [1.807, 2.05) is 5.38 Å². The van der Waals surface area contributed by atoms with E-state index in [9.17, 15) is 0 Å². The molecule has 4 nitrogen and oxygen atoms in total. The summed E-state index contributed by atoms with van der Waals surface area (Å²) in [4.78, 5) is 4.12. The maximum atomic E-state index is 8.80. The molecule has 0 aliphatic heterocycles. The van der Waals surface area contributed by atoms with Gasteiger partial charge in [-0.1, -0.05) is 0 Å². The minimum absolute atomic E-state index is 0.393. The topological polar surface area (TPSA) is 71.9 Å². The molecule has 86 valence electrons. The van der Waals surface area contributed by atoms with E-state index in [2.05, 4.69) is 33.6 Å². The van der Waals surface area contributed by atoms with Crippen LogP contribution in [0.1, 0.15) is 10.6 Å². The van der Waals surface area contributed by atoms with Crippen LogP contribution in [0, 0.1) is 14.9 Å². The number of aromatic nitrogens is 1. The zero-order chi connectivity index (χ0) is 12.3. The van der Waals surface area contributed by atoms with E-state index in [0.717, 1.165) is 8.58 Å². The van der Waals surface area contributed by atoms with Gasteiger partial charge >= 0.3 is 0 Å². The lowest BCUT2D eigenvalue weighted by Crippen LogP contribution is -2.01. The molecule has 2 rings (SSSR count). The Morgan fingerprint density at radius 2 is 2.35 bits per heavy atom. The van der Waals surface area contributed by atoms with Gasteiger partial charge in [-0.15, -0.1) is 11.3 Å². The minimum Gasteiger partial charge on any atom is -0.483 e. The van der Waals surface area contributed by atoms with E-state index in [1.54, 1.807) is 18.3 Å². The van der Waals surface area contributed by atoms with E-state index >= 15 is 0 Å². The molecule has 1 aromatic heterocycles. The van der Waals surface area contributed by atoms with Crippen molar-refractivity contribution in [2.45, 2.75) is 6.61 Å². The molecule has 0 radical (unpaired) electrons. The van der Waals surface area contributed by atoms with Crippen molar-refractivity contribution < 1.29 is 4.74 Å². The van der Waals surface area contributed by atoms with Crippen molar-refractivity contribution in [3.8, 4) is 11.8 Å². The summed E-state index contributed by atoms with van der Waals surface area (Å²) in [7, 11) is 0. The Hall–Kier alpha value is -1.33. The number of nitrogen functional groups attached to an aromatic ring is 1. The number of anilines is 1. The van der Waals surface area contributed by atoms with Crippen molar-refractivity contribution >= 4 is 39.6 Å². The number of halogens is 1. The van der Waals surface area contributed by atoms with Gasteiger partial charge in [0.25, 0.3) is 0 Å². The quantitative estimate of drug-likeness (QED) is 0.677. The summed E-state index contributed by atoms with van der Waals surface area (Å²) in [6.07, 6.45) is 1.73. The molecular weight excluding hydrogens is 349 g/mol. The smallest absolute Gasteiger partial charge is 0.156 e. The largest absolute Gasteiger partial charge is 0.483 e. The third-order valence-electron chi connectivity index (χ3n) is 2.02. The van der Waals surface area contributed by atoms with Gasteiger partial charge in [-0.25, -0.2) is 4.98 Å². The van der Waals surface area contributed by atoms with Gasteiger partial charge < -0.3 is 10.5 Å². The average molecular weight is 357 g/mol. The second-order valence-corrected chi connectivity index (χ2v) is 5.34. The number of nitrogens with zero attached hydrogens (tertiary/aromatic N) is 2. The first kappa shape index (κ1) is 12.1. The highest BCUT2D eigenvalue weighted by atomic mass is 127. The van der Waals surface area contributed by atoms with Crippen LogP contribution in [-0.4, -0.2) is 4.98 Å². The molecular formula is C11H8IN3OS. The lowest BCUT2D eigenvalue weighted by molar-refractivity contribution is 0.305. The Morgan fingerprint density at radius 1 is 1.53 bits per heavy atom. The van der Waals surface area contributed by atoms with Crippen LogP contribution in [0.4, 0.5) is 5.69 Å². The lowest BCUT2D eigenvalue weighted by Gasteiger charge is -2.09. The second kappa shape index (κ2) is 5.33. The first-order valence-electron chi connectivity index (χ1n) is 4.71. The highest BCUT2D eigenvalue weighted by Gasteiger charge is 2.09. The molecule has 1 aromatic carbocycles. The van der Waals surface area contributed by atoms with Gasteiger partial charge in [0.15, 0.2) is 5.75 Å². The molecule has 0 fully saturated rings. The molecule has 0 saturated heterocycles. The molecule has 2 N–H and O–H groups in total. The average Bonchev–Trinajstić information content (AvgIpc) is 2.80. The van der Waals surface area contributed by atoms with Crippen LogP contribution in [0.15, 0.2) is 23.7 Å². The van der Waals surface area contributed by atoms with E-state index in [-0.39, 0.29) is 0 Å². The molecule has 0 saturated carbocycles. The zero-order valence-corrected chi connectivity index (χ0v) is 11.7. The molecule has 0 unspecified atom stereocenters. The summed E-state index contributed by atoms with van der Waals surface area (Å²) < 4.78 is 6.45. The van der Waals surface area contributed by atoms with Gasteiger partial charge in [-0.2, -0.15) is 5.26 Å². The summed E-state index contributed by atoms with van der Waals surface area (Å²) in [6.45, 7) is 0.393. The Kier molecular flexibility index (Phi) is 3.81. The third kappa shape index (κ3) is 2.87. The standard InChI is InChI=1S/C11H8IN3OS/c12-8-3-7(5-13)4-9(14)11(8)16-6-10-15-1-2-17-10/h1-4H,6,14H2. The van der Waals surface area contributed by atoms with Gasteiger partial charge in [-0.05, 0) is 34.7 Å². The Labute approximate surface area is 116 Å². The number of benzene rings is 1. The fraction of sp³-hybridized carbons (Fsp3) is 0.0909. The van der Waals surface area contributed by atoms with Gasteiger partial charge in [0.2, 0.25) is 0 Å². The molecule has 0 amide bonds. The fourth-order valence-electron chi connectivity index (χ4n) is 1.29. The predicted molar refractivity (Wildman–Crippen MR) is 74.7 cm³/mol. The van der Waals surface area contributed by atoms with Gasteiger partial charge in [-0.3, -0.25) is 0 Å². The van der Waals surface area contributed by atoms with Gasteiger partial charge in [0.05, 0.1) is 20.9 Å². The van der Waals surface area contributed by atoms with Crippen LogP contribution >= 0.6 is 33.9 Å². The number of ether oxygens (including phenoxy) is 1. The first-order chi connectivity index (χ1) is 8.20. The van der Waals surface area contributed by atoms with E-state index in [4.69, 9.17) is 15.7 Å². The van der Waals surface area contributed by atoms with Gasteiger partial charge in [0.1, 0.15) is 11.6 Å². The molecule has 6 heteroatoms. The number of nitriles is 1. The number of hydrogen-bond donors (Lipinski definition) is 1. The molecule has 1 heterocycles. The maximum absolute atomic E-state index is 8.80. The summed E-state index contributed by atoms with van der Waals surface area (Å²) in [5.41, 5.74) is 6.85. The van der Waals surface area contributed by atoms with E-state index in [0.29, 0.717) is 23.6 Å². The van der Waals surface area contributed by atoms with E-state index < -0.39 is 0 Å². The van der Waals surface area contributed by atoms with Crippen molar-refractivity contribution in [2.24, 2.45) is 0 Å². The first-order valence-corrected chi connectivity index (χ1v) is 6.67. The highest BCUT2D eigenvalue weighted by Crippen LogP contribution is 2.30. The fourth-order valence-corrected chi connectivity index (χ4v) is 2.62. The van der Waals surface area contributed by atoms with Crippen LogP contribution in [0.5, 0.6) is 5.75 Å². The second-order valence-electron chi connectivity index (χ2n) is 3.20. The number of rotatable bonds is 3. The summed E-state index contributed by atoms with van der Waals surface area (Å²) in [5.74, 6) is 0.611. The summed E-state index contributed by atoms with van der Waals surface area (Å²) in [6, 6.07) is 5.41. The lowest BCUT2D eigenvalue weighted by atomic mass is 10.2. The molecule has 0 bridgehead atoms. The molecule has 0 spiro atoms. The normalized spacial score (nSPS) is 9.88. The SMILES string of the molecule is N#Cc1cc(N)c(OCc2nccs2)c(I)c1. The molecule has 2 aromatic rings. The van der Waals surface area contributed by atoms with Crippen LogP contribution in [-0.2, 0) is 6.61 Å². The third-order valence-corrected chi connectivity index (χ3v) is 3.58. The Morgan fingerprint density at radius 3 is 2.94 bits per heavy atom. The molecule has 0 atom stereocenters. The van der Waals surface area contributed by atoms with Crippen LogP contribution in [0.3, 0.4) is 0 Å². The number of hydrogen-bond acceptors (Lipinski definition) is 5. The number of nitrogens with two attached hydrogens (primary N) is 1. The van der Waals surface area contributed by atoms with E-state index in [1.165, 1.54) is 11.3 Å². The number of thiazole rings is 1. The molecule has 17 heavy (non-hydrogen) atoms. The maximum Gasteiger partial charge on any atom is 0.156 e. The van der Waals surface area contributed by atoms with Crippen LogP contribution < -0.4 is 10.5 Å². The zero-order valence-electron chi connectivity index (χ0n) is 8.68. The molecule has 0 aliphatic rings. The van der Waals surface area contributed by atoms with Crippen molar-refractivity contribution in [3.63, 3.8) is 0 Å². The van der Waals surface area contributed by atoms with Crippen molar-refractivity contribution in [1.82, 2.24) is 4.98 Å². The summed E-state index contributed by atoms with van der Waals surface area (Å²) in [5, 5.41) is 11.6.